The highest BCUT2D eigenvalue weighted by Gasteiger charge is 2.28. The highest BCUT2D eigenvalue weighted by atomic mass is 16.2. The second kappa shape index (κ2) is 7.76. The van der Waals surface area contributed by atoms with E-state index >= 15 is 0 Å². The molecule has 0 aromatic heterocycles. The fourth-order valence-electron chi connectivity index (χ4n) is 2.59. The van der Waals surface area contributed by atoms with Crippen LogP contribution in [0.1, 0.15) is 42.6 Å². The lowest BCUT2D eigenvalue weighted by molar-refractivity contribution is -0.125. The van der Waals surface area contributed by atoms with Crippen LogP contribution in [0.3, 0.4) is 0 Å². The van der Waals surface area contributed by atoms with Gasteiger partial charge in [-0.05, 0) is 30.5 Å². The third kappa shape index (κ3) is 4.09. The van der Waals surface area contributed by atoms with Gasteiger partial charge in [0.05, 0.1) is 13.1 Å². The van der Waals surface area contributed by atoms with Gasteiger partial charge in [0, 0.05) is 18.7 Å². The van der Waals surface area contributed by atoms with Crippen molar-refractivity contribution in [3.63, 3.8) is 0 Å². The first-order chi connectivity index (χ1) is 11.1. The first-order valence-electron chi connectivity index (χ1n) is 8.03. The molecule has 124 valence electrons. The van der Waals surface area contributed by atoms with Crippen LogP contribution in [0.5, 0.6) is 0 Å². The van der Waals surface area contributed by atoms with Crippen LogP contribution in [0.15, 0.2) is 24.3 Å². The van der Waals surface area contributed by atoms with E-state index in [1.807, 2.05) is 4.90 Å². The Balaban J connectivity index is 2.05. The summed E-state index contributed by atoms with van der Waals surface area (Å²) in [7, 11) is 0. The average Bonchev–Trinajstić information content (AvgIpc) is 2.87. The standard InChI is InChI=1S/C17H23N3O3/c1-3-9-19(10-4-2)16(22)14-7-5-13(6-8-14)12-20-15(21)11-18-17(20)23/h5-8H,3-4,9-12H2,1-2H3,(H,18,23). The molecule has 0 bridgehead atoms. The number of nitrogens with one attached hydrogen (secondary N) is 1. The zero-order valence-corrected chi connectivity index (χ0v) is 13.7. The Kier molecular flexibility index (Phi) is 5.73. The van der Waals surface area contributed by atoms with Crippen molar-refractivity contribution >= 4 is 17.8 Å². The van der Waals surface area contributed by atoms with Crippen LogP contribution >= 0.6 is 0 Å². The summed E-state index contributed by atoms with van der Waals surface area (Å²) in [6, 6.07) is 6.74. The van der Waals surface area contributed by atoms with Crippen LogP contribution in [0.25, 0.3) is 0 Å². The predicted molar refractivity (Wildman–Crippen MR) is 86.9 cm³/mol. The summed E-state index contributed by atoms with van der Waals surface area (Å²) in [6.45, 7) is 5.88. The van der Waals surface area contributed by atoms with Crippen molar-refractivity contribution in [2.45, 2.75) is 33.2 Å². The van der Waals surface area contributed by atoms with Crippen molar-refractivity contribution in [1.29, 1.82) is 0 Å². The molecule has 2 rings (SSSR count). The van der Waals surface area contributed by atoms with E-state index in [9.17, 15) is 14.4 Å². The lowest BCUT2D eigenvalue weighted by Gasteiger charge is -2.21. The van der Waals surface area contributed by atoms with E-state index in [4.69, 9.17) is 0 Å². The molecule has 1 aliphatic heterocycles. The molecule has 1 heterocycles. The number of rotatable bonds is 7. The summed E-state index contributed by atoms with van der Waals surface area (Å²) in [5, 5.41) is 2.49. The second-order valence-corrected chi connectivity index (χ2v) is 5.63. The summed E-state index contributed by atoms with van der Waals surface area (Å²) in [5.41, 5.74) is 1.46. The Morgan fingerprint density at radius 2 is 1.74 bits per heavy atom. The predicted octanol–water partition coefficient (Wildman–Crippen LogP) is 2.00. The molecular formula is C17H23N3O3. The van der Waals surface area contributed by atoms with E-state index in [0.717, 1.165) is 31.5 Å². The molecule has 0 spiro atoms. The lowest BCUT2D eigenvalue weighted by atomic mass is 10.1. The van der Waals surface area contributed by atoms with Crippen LogP contribution in [-0.2, 0) is 11.3 Å². The minimum Gasteiger partial charge on any atom is -0.339 e. The van der Waals surface area contributed by atoms with Crippen LogP contribution in [0, 0.1) is 0 Å². The summed E-state index contributed by atoms with van der Waals surface area (Å²) >= 11 is 0. The first-order valence-corrected chi connectivity index (χ1v) is 8.03. The molecule has 1 N–H and O–H groups in total. The van der Waals surface area contributed by atoms with E-state index in [2.05, 4.69) is 19.2 Å². The third-order valence-electron chi connectivity index (χ3n) is 3.75. The van der Waals surface area contributed by atoms with Crippen molar-refractivity contribution in [1.82, 2.24) is 15.1 Å². The summed E-state index contributed by atoms with van der Waals surface area (Å²) in [5.74, 6) is -0.206. The lowest BCUT2D eigenvalue weighted by Crippen LogP contribution is -2.32. The minimum absolute atomic E-state index is 0.0234. The Morgan fingerprint density at radius 1 is 1.13 bits per heavy atom. The molecular weight excluding hydrogens is 294 g/mol. The normalized spacial score (nSPS) is 14.1. The number of carbonyl (C=O) groups is 3. The van der Waals surface area contributed by atoms with Gasteiger partial charge >= 0.3 is 6.03 Å². The Bertz CT molecular complexity index is 561. The number of carbonyl (C=O) groups excluding carboxylic acids is 3. The molecule has 0 atom stereocenters. The molecule has 4 amide bonds. The van der Waals surface area contributed by atoms with Gasteiger partial charge in [0.25, 0.3) is 5.91 Å². The van der Waals surface area contributed by atoms with Crippen molar-refractivity contribution in [3.8, 4) is 0 Å². The maximum absolute atomic E-state index is 12.5. The Morgan fingerprint density at radius 3 is 2.22 bits per heavy atom. The fourth-order valence-corrected chi connectivity index (χ4v) is 2.59. The molecule has 0 saturated carbocycles. The van der Waals surface area contributed by atoms with Gasteiger partial charge in [-0.1, -0.05) is 26.0 Å². The summed E-state index contributed by atoms with van der Waals surface area (Å²) < 4.78 is 0. The third-order valence-corrected chi connectivity index (χ3v) is 3.75. The number of imide groups is 1. The van der Waals surface area contributed by atoms with E-state index in [-0.39, 0.29) is 30.9 Å². The van der Waals surface area contributed by atoms with Gasteiger partial charge < -0.3 is 10.2 Å². The highest BCUT2D eigenvalue weighted by Crippen LogP contribution is 2.12. The zero-order valence-electron chi connectivity index (χ0n) is 13.7. The topological polar surface area (TPSA) is 69.7 Å². The summed E-state index contributed by atoms with van der Waals surface area (Å²) in [4.78, 5) is 38.6. The largest absolute Gasteiger partial charge is 0.339 e. The SMILES string of the molecule is CCCN(CCC)C(=O)c1ccc(CN2C(=O)CNC2=O)cc1. The van der Waals surface area contributed by atoms with Gasteiger partial charge in [-0.3, -0.25) is 14.5 Å². The maximum atomic E-state index is 12.5. The quantitative estimate of drug-likeness (QED) is 0.782. The molecule has 1 aliphatic rings. The van der Waals surface area contributed by atoms with Crippen molar-refractivity contribution in [2.75, 3.05) is 19.6 Å². The summed E-state index contributed by atoms with van der Waals surface area (Å²) in [6.07, 6.45) is 1.85. The van der Waals surface area contributed by atoms with E-state index < -0.39 is 0 Å². The molecule has 23 heavy (non-hydrogen) atoms. The van der Waals surface area contributed by atoms with Crippen molar-refractivity contribution in [3.05, 3.63) is 35.4 Å². The molecule has 1 aromatic carbocycles. The molecule has 6 heteroatoms. The number of hydrogen-bond donors (Lipinski definition) is 1. The maximum Gasteiger partial charge on any atom is 0.324 e. The Hall–Kier alpha value is -2.37. The van der Waals surface area contributed by atoms with Crippen LogP contribution in [-0.4, -0.2) is 47.3 Å². The molecule has 1 fully saturated rings. The monoisotopic (exact) mass is 317 g/mol. The first kappa shape index (κ1) is 17.0. The van der Waals surface area contributed by atoms with Crippen molar-refractivity contribution < 1.29 is 14.4 Å². The molecule has 1 saturated heterocycles. The van der Waals surface area contributed by atoms with Gasteiger partial charge in [0.15, 0.2) is 0 Å². The smallest absolute Gasteiger partial charge is 0.324 e. The molecule has 0 unspecified atom stereocenters. The highest BCUT2D eigenvalue weighted by molar-refractivity contribution is 6.01. The number of nitrogens with zero attached hydrogens (tertiary/aromatic N) is 2. The Labute approximate surface area is 136 Å². The molecule has 6 nitrogen and oxygen atoms in total. The van der Waals surface area contributed by atoms with Crippen molar-refractivity contribution in [2.24, 2.45) is 0 Å². The molecule has 0 aliphatic carbocycles. The second-order valence-electron chi connectivity index (χ2n) is 5.63. The van der Waals surface area contributed by atoms with E-state index in [0.29, 0.717) is 5.56 Å². The van der Waals surface area contributed by atoms with Gasteiger partial charge in [-0.25, -0.2) is 4.79 Å². The number of benzene rings is 1. The number of urea groups is 1. The van der Waals surface area contributed by atoms with Gasteiger partial charge in [0.2, 0.25) is 5.91 Å². The molecule has 0 radical (unpaired) electrons. The average molecular weight is 317 g/mol. The van der Waals surface area contributed by atoms with E-state index in [1.165, 1.54) is 4.90 Å². The van der Waals surface area contributed by atoms with Crippen LogP contribution in [0.2, 0.25) is 0 Å². The van der Waals surface area contributed by atoms with E-state index in [1.54, 1.807) is 24.3 Å². The zero-order chi connectivity index (χ0) is 16.8. The fraction of sp³-hybridized carbons (Fsp3) is 0.471. The number of amides is 4. The van der Waals surface area contributed by atoms with Gasteiger partial charge in [0.1, 0.15) is 0 Å². The van der Waals surface area contributed by atoms with Gasteiger partial charge in [-0.2, -0.15) is 0 Å². The number of hydrogen-bond acceptors (Lipinski definition) is 3. The van der Waals surface area contributed by atoms with Crippen LogP contribution < -0.4 is 5.32 Å². The molecule has 1 aromatic rings. The minimum atomic E-state index is -0.368. The van der Waals surface area contributed by atoms with Gasteiger partial charge in [-0.15, -0.1) is 0 Å². The van der Waals surface area contributed by atoms with Crippen LogP contribution in [0.4, 0.5) is 4.79 Å².